The van der Waals surface area contributed by atoms with Gasteiger partial charge >= 0.3 is 5.97 Å². The highest BCUT2D eigenvalue weighted by Crippen LogP contribution is 2.28. The molecule has 0 bridgehead atoms. The molecule has 0 aliphatic heterocycles. The monoisotopic (exact) mass is 383 g/mol. The van der Waals surface area contributed by atoms with E-state index in [0.29, 0.717) is 22.2 Å². The summed E-state index contributed by atoms with van der Waals surface area (Å²) in [5.74, 6) is 0.728. The summed E-state index contributed by atoms with van der Waals surface area (Å²) in [7, 11) is 3.12. The van der Waals surface area contributed by atoms with Gasteiger partial charge < -0.3 is 14.2 Å². The molecule has 0 fully saturated rings. The third-order valence-electron chi connectivity index (χ3n) is 3.94. The number of carbonyl (C=O) groups is 1. The summed E-state index contributed by atoms with van der Waals surface area (Å²) in [6.45, 7) is 0.0474. The molecule has 0 spiro atoms. The normalized spacial score (nSPS) is 10.9. The summed E-state index contributed by atoms with van der Waals surface area (Å²) in [6.07, 6.45) is 2.99. The minimum absolute atomic E-state index is 0.0474. The summed E-state index contributed by atoms with van der Waals surface area (Å²) >= 11 is 6.18. The SMILES string of the molecule is COc1ccc(/C=C/C(=O)OCc2cc3ccccc3nc2Cl)cc1OC. The average Bonchev–Trinajstić information content (AvgIpc) is 2.70. The zero-order chi connectivity index (χ0) is 19.2. The second-order valence-electron chi connectivity index (χ2n) is 5.69. The average molecular weight is 384 g/mol. The molecule has 0 amide bonds. The van der Waals surface area contributed by atoms with Crippen molar-refractivity contribution in [2.24, 2.45) is 0 Å². The number of benzene rings is 2. The van der Waals surface area contributed by atoms with E-state index in [4.69, 9.17) is 25.8 Å². The van der Waals surface area contributed by atoms with Crippen LogP contribution in [-0.2, 0) is 16.1 Å². The maximum absolute atomic E-state index is 12.0. The molecule has 5 nitrogen and oxygen atoms in total. The van der Waals surface area contributed by atoms with E-state index in [9.17, 15) is 4.79 Å². The van der Waals surface area contributed by atoms with Crippen LogP contribution in [0.2, 0.25) is 5.15 Å². The number of methoxy groups -OCH3 is 2. The van der Waals surface area contributed by atoms with Crippen molar-refractivity contribution in [1.29, 1.82) is 0 Å². The van der Waals surface area contributed by atoms with E-state index in [1.807, 2.05) is 36.4 Å². The van der Waals surface area contributed by atoms with Crippen LogP contribution in [0.5, 0.6) is 11.5 Å². The van der Waals surface area contributed by atoms with Crippen LogP contribution < -0.4 is 9.47 Å². The maximum Gasteiger partial charge on any atom is 0.331 e. The van der Waals surface area contributed by atoms with Crippen LogP contribution in [0.1, 0.15) is 11.1 Å². The van der Waals surface area contributed by atoms with Crippen molar-refractivity contribution in [2.75, 3.05) is 14.2 Å². The van der Waals surface area contributed by atoms with Crippen LogP contribution in [0.15, 0.2) is 54.6 Å². The molecule has 2 aromatic carbocycles. The molecule has 0 aliphatic rings. The molecule has 0 saturated heterocycles. The third-order valence-corrected chi connectivity index (χ3v) is 4.27. The number of nitrogens with zero attached hydrogens (tertiary/aromatic N) is 1. The van der Waals surface area contributed by atoms with E-state index in [1.165, 1.54) is 6.08 Å². The van der Waals surface area contributed by atoms with Gasteiger partial charge in [-0.25, -0.2) is 9.78 Å². The van der Waals surface area contributed by atoms with Crippen LogP contribution in [-0.4, -0.2) is 25.2 Å². The number of carbonyl (C=O) groups excluding carboxylic acids is 1. The fourth-order valence-electron chi connectivity index (χ4n) is 2.56. The van der Waals surface area contributed by atoms with Gasteiger partial charge in [0, 0.05) is 17.0 Å². The molecule has 0 radical (unpaired) electrons. The topological polar surface area (TPSA) is 57.7 Å². The Bertz CT molecular complexity index is 1000. The summed E-state index contributed by atoms with van der Waals surface area (Å²) in [5, 5.41) is 1.26. The number of para-hydroxylation sites is 1. The molecular weight excluding hydrogens is 366 g/mol. The van der Waals surface area contributed by atoms with Gasteiger partial charge in [0.2, 0.25) is 0 Å². The van der Waals surface area contributed by atoms with Crippen molar-refractivity contribution in [3.63, 3.8) is 0 Å². The van der Waals surface area contributed by atoms with E-state index in [-0.39, 0.29) is 6.61 Å². The molecule has 0 saturated carbocycles. The van der Waals surface area contributed by atoms with Crippen molar-refractivity contribution >= 4 is 34.5 Å². The third kappa shape index (κ3) is 4.57. The van der Waals surface area contributed by atoms with Gasteiger partial charge in [-0.05, 0) is 35.9 Å². The Morgan fingerprint density at radius 1 is 1.07 bits per heavy atom. The molecular formula is C21H18ClNO4. The molecule has 0 N–H and O–H groups in total. The molecule has 138 valence electrons. The van der Waals surface area contributed by atoms with Gasteiger partial charge in [0.25, 0.3) is 0 Å². The molecule has 0 atom stereocenters. The zero-order valence-corrected chi connectivity index (χ0v) is 15.7. The molecule has 6 heteroatoms. The van der Waals surface area contributed by atoms with Gasteiger partial charge in [0.05, 0.1) is 19.7 Å². The largest absolute Gasteiger partial charge is 0.493 e. The number of esters is 1. The van der Waals surface area contributed by atoms with E-state index >= 15 is 0 Å². The van der Waals surface area contributed by atoms with Crippen molar-refractivity contribution in [2.45, 2.75) is 6.61 Å². The van der Waals surface area contributed by atoms with Crippen LogP contribution in [0, 0.1) is 0 Å². The van der Waals surface area contributed by atoms with Crippen LogP contribution >= 0.6 is 11.6 Å². The van der Waals surface area contributed by atoms with Crippen molar-refractivity contribution < 1.29 is 19.0 Å². The number of halogens is 1. The molecule has 0 unspecified atom stereocenters. The Balaban J connectivity index is 1.66. The first-order valence-electron chi connectivity index (χ1n) is 8.21. The van der Waals surface area contributed by atoms with Crippen molar-refractivity contribution in [1.82, 2.24) is 4.98 Å². The van der Waals surface area contributed by atoms with E-state index in [2.05, 4.69) is 4.98 Å². The smallest absolute Gasteiger partial charge is 0.331 e. The summed E-state index contributed by atoms with van der Waals surface area (Å²) in [6, 6.07) is 14.8. The number of aromatic nitrogens is 1. The lowest BCUT2D eigenvalue weighted by Gasteiger charge is -2.08. The highest BCUT2D eigenvalue weighted by molar-refractivity contribution is 6.30. The Morgan fingerprint density at radius 2 is 1.85 bits per heavy atom. The first-order valence-corrected chi connectivity index (χ1v) is 8.59. The molecule has 27 heavy (non-hydrogen) atoms. The Morgan fingerprint density at radius 3 is 2.63 bits per heavy atom. The molecule has 1 heterocycles. The number of hydrogen-bond donors (Lipinski definition) is 0. The van der Waals surface area contributed by atoms with Gasteiger partial charge in [-0.15, -0.1) is 0 Å². The highest BCUT2D eigenvalue weighted by atomic mass is 35.5. The number of rotatable bonds is 6. The van der Waals surface area contributed by atoms with Crippen LogP contribution in [0.4, 0.5) is 0 Å². The second kappa shape index (κ2) is 8.56. The van der Waals surface area contributed by atoms with Gasteiger partial charge in [-0.1, -0.05) is 35.9 Å². The van der Waals surface area contributed by atoms with Crippen molar-refractivity contribution in [3.05, 3.63) is 70.9 Å². The fraction of sp³-hybridized carbons (Fsp3) is 0.143. The first kappa shape index (κ1) is 18.7. The number of pyridine rings is 1. The fourth-order valence-corrected chi connectivity index (χ4v) is 2.76. The maximum atomic E-state index is 12.0. The van der Waals surface area contributed by atoms with Crippen molar-refractivity contribution in [3.8, 4) is 11.5 Å². The Labute approximate surface area is 162 Å². The lowest BCUT2D eigenvalue weighted by atomic mass is 10.2. The Kier molecular flexibility index (Phi) is 5.94. The van der Waals surface area contributed by atoms with Crippen LogP contribution in [0.3, 0.4) is 0 Å². The predicted octanol–water partition coefficient (Wildman–Crippen LogP) is 4.66. The summed E-state index contributed by atoms with van der Waals surface area (Å²) in [4.78, 5) is 16.3. The minimum atomic E-state index is -0.478. The quantitative estimate of drug-likeness (QED) is 0.352. The number of ether oxygens (including phenoxy) is 3. The van der Waals surface area contributed by atoms with Gasteiger partial charge in [-0.3, -0.25) is 0 Å². The summed E-state index contributed by atoms with van der Waals surface area (Å²) in [5.41, 5.74) is 2.24. The lowest BCUT2D eigenvalue weighted by molar-refractivity contribution is -0.138. The van der Waals surface area contributed by atoms with E-state index < -0.39 is 5.97 Å². The highest BCUT2D eigenvalue weighted by Gasteiger charge is 2.08. The molecule has 3 aromatic rings. The predicted molar refractivity (Wildman–Crippen MR) is 105 cm³/mol. The van der Waals surface area contributed by atoms with E-state index in [0.717, 1.165) is 16.5 Å². The van der Waals surface area contributed by atoms with Gasteiger partial charge in [-0.2, -0.15) is 0 Å². The molecule has 1 aromatic heterocycles. The standard InChI is InChI=1S/C21H18ClNO4/c1-25-18-9-7-14(11-19(18)26-2)8-10-20(24)27-13-16-12-15-5-3-4-6-17(15)23-21(16)22/h3-12H,13H2,1-2H3/b10-8+. The van der Waals surface area contributed by atoms with Crippen LogP contribution in [0.25, 0.3) is 17.0 Å². The number of fused-ring (bicyclic) bond motifs is 1. The van der Waals surface area contributed by atoms with E-state index in [1.54, 1.807) is 32.4 Å². The number of hydrogen-bond acceptors (Lipinski definition) is 5. The lowest BCUT2D eigenvalue weighted by Crippen LogP contribution is -2.02. The second-order valence-corrected chi connectivity index (χ2v) is 6.04. The van der Waals surface area contributed by atoms with Gasteiger partial charge in [0.1, 0.15) is 11.8 Å². The molecule has 0 aliphatic carbocycles. The zero-order valence-electron chi connectivity index (χ0n) is 14.9. The molecule has 3 rings (SSSR count). The van der Waals surface area contributed by atoms with Gasteiger partial charge in [0.15, 0.2) is 11.5 Å². The minimum Gasteiger partial charge on any atom is -0.493 e. The first-order chi connectivity index (χ1) is 13.1. The Hall–Kier alpha value is -3.05. The summed E-state index contributed by atoms with van der Waals surface area (Å²) < 4.78 is 15.7.